The molecular formula is C18H19ClN2O5. The third-order valence-corrected chi connectivity index (χ3v) is 4.51. The van der Waals surface area contributed by atoms with Crippen LogP contribution in [0, 0.1) is 0 Å². The Bertz CT molecular complexity index is 806. The van der Waals surface area contributed by atoms with Gasteiger partial charge in [-0.05, 0) is 18.2 Å². The maximum Gasteiger partial charge on any atom is 0.306 e. The monoisotopic (exact) mass is 378 g/mol. The predicted molar refractivity (Wildman–Crippen MR) is 95.2 cm³/mol. The van der Waals surface area contributed by atoms with Crippen molar-refractivity contribution in [2.75, 3.05) is 26.8 Å². The van der Waals surface area contributed by atoms with Gasteiger partial charge in [0.15, 0.2) is 0 Å². The molecule has 0 saturated carbocycles. The lowest BCUT2D eigenvalue weighted by atomic mass is 10.1. The van der Waals surface area contributed by atoms with Crippen LogP contribution in [0.1, 0.15) is 16.8 Å². The standard InChI is InChI=1S/C18H19ClN2O5/c1-25-16-10-15(20-4-2-3-5-20)14(19)9-13(16)18(24)21-6-7-26-12(11-21)8-17(22)23/h2-5,9-10,12H,6-8,11H2,1H3,(H,22,23)/t12-/m0/s1. The van der Waals surface area contributed by atoms with Crippen molar-refractivity contribution >= 4 is 23.5 Å². The van der Waals surface area contributed by atoms with Gasteiger partial charge in [0.25, 0.3) is 5.91 Å². The van der Waals surface area contributed by atoms with Crippen molar-refractivity contribution in [3.8, 4) is 11.4 Å². The number of hydrogen-bond acceptors (Lipinski definition) is 4. The normalized spacial score (nSPS) is 17.2. The molecule has 3 rings (SSSR count). The first-order valence-corrected chi connectivity index (χ1v) is 8.51. The number of rotatable bonds is 5. The van der Waals surface area contributed by atoms with Crippen molar-refractivity contribution < 1.29 is 24.2 Å². The quantitative estimate of drug-likeness (QED) is 0.864. The van der Waals surface area contributed by atoms with Crippen molar-refractivity contribution in [2.45, 2.75) is 12.5 Å². The van der Waals surface area contributed by atoms with Crippen LogP contribution >= 0.6 is 11.6 Å². The highest BCUT2D eigenvalue weighted by Gasteiger charge is 2.28. The fourth-order valence-electron chi connectivity index (χ4n) is 2.96. The van der Waals surface area contributed by atoms with Crippen molar-refractivity contribution in [3.63, 3.8) is 0 Å². The highest BCUT2D eigenvalue weighted by atomic mass is 35.5. The van der Waals surface area contributed by atoms with E-state index >= 15 is 0 Å². The summed E-state index contributed by atoms with van der Waals surface area (Å²) in [5.41, 5.74) is 1.04. The van der Waals surface area contributed by atoms with Crippen LogP contribution < -0.4 is 4.74 Å². The summed E-state index contributed by atoms with van der Waals surface area (Å²) in [6, 6.07) is 7.04. The van der Waals surface area contributed by atoms with Crippen molar-refractivity contribution in [1.82, 2.24) is 9.47 Å². The molecule has 0 spiro atoms. The molecule has 0 radical (unpaired) electrons. The summed E-state index contributed by atoms with van der Waals surface area (Å²) in [5.74, 6) is -0.813. The lowest BCUT2D eigenvalue weighted by Crippen LogP contribution is -2.46. The number of carbonyl (C=O) groups excluding carboxylic acids is 1. The molecule has 0 bridgehead atoms. The average molecular weight is 379 g/mol. The first-order valence-electron chi connectivity index (χ1n) is 8.13. The molecule has 1 atom stereocenters. The zero-order valence-electron chi connectivity index (χ0n) is 14.2. The molecule has 1 aliphatic rings. The molecule has 7 nitrogen and oxygen atoms in total. The molecule has 26 heavy (non-hydrogen) atoms. The first kappa shape index (κ1) is 18.3. The summed E-state index contributed by atoms with van der Waals surface area (Å²) in [5, 5.41) is 9.34. The molecule has 8 heteroatoms. The molecule has 1 aromatic heterocycles. The van der Waals surface area contributed by atoms with E-state index in [1.54, 1.807) is 17.0 Å². The van der Waals surface area contributed by atoms with Gasteiger partial charge in [0.2, 0.25) is 0 Å². The van der Waals surface area contributed by atoms with E-state index in [-0.39, 0.29) is 18.9 Å². The van der Waals surface area contributed by atoms with E-state index in [0.717, 1.165) is 0 Å². The molecule has 2 heterocycles. The molecule has 1 N–H and O–H groups in total. The molecular weight excluding hydrogens is 360 g/mol. The SMILES string of the molecule is COc1cc(-n2cccc2)c(Cl)cc1C(=O)N1CCO[C@@H](CC(=O)O)C1. The lowest BCUT2D eigenvalue weighted by molar-refractivity contribution is -0.141. The number of methoxy groups -OCH3 is 1. The van der Waals surface area contributed by atoms with Crippen LogP contribution in [0.25, 0.3) is 5.69 Å². The predicted octanol–water partition coefficient (Wildman–Crippen LogP) is 2.46. The van der Waals surface area contributed by atoms with Crippen LogP contribution in [0.4, 0.5) is 0 Å². The number of morpholine rings is 1. The minimum atomic E-state index is -0.957. The Morgan fingerprint density at radius 1 is 1.35 bits per heavy atom. The zero-order chi connectivity index (χ0) is 18.7. The van der Waals surface area contributed by atoms with Gasteiger partial charge in [-0.1, -0.05) is 11.6 Å². The summed E-state index contributed by atoms with van der Waals surface area (Å²) < 4.78 is 12.6. The largest absolute Gasteiger partial charge is 0.496 e. The number of aliphatic carboxylic acids is 1. The Morgan fingerprint density at radius 3 is 2.73 bits per heavy atom. The highest BCUT2D eigenvalue weighted by molar-refractivity contribution is 6.33. The van der Waals surface area contributed by atoms with Crippen LogP contribution in [-0.4, -0.2) is 59.4 Å². The first-order chi connectivity index (χ1) is 12.5. The number of carboxylic acid groups (broad SMARTS) is 1. The number of carboxylic acids is 1. The maximum atomic E-state index is 12.9. The average Bonchev–Trinajstić information content (AvgIpc) is 3.15. The third kappa shape index (κ3) is 3.84. The Labute approximate surface area is 155 Å². The Balaban J connectivity index is 1.87. The number of ether oxygens (including phenoxy) is 2. The zero-order valence-corrected chi connectivity index (χ0v) is 15.0. The highest BCUT2D eigenvalue weighted by Crippen LogP contribution is 2.31. The Kier molecular flexibility index (Phi) is 5.49. The van der Waals surface area contributed by atoms with E-state index in [0.29, 0.717) is 35.2 Å². The van der Waals surface area contributed by atoms with E-state index < -0.39 is 12.1 Å². The summed E-state index contributed by atoms with van der Waals surface area (Å²) in [6.45, 7) is 0.890. The Hall–Kier alpha value is -2.51. The molecule has 2 aromatic rings. The van der Waals surface area contributed by atoms with Gasteiger partial charge < -0.3 is 24.0 Å². The van der Waals surface area contributed by atoms with Crippen molar-refractivity contribution in [1.29, 1.82) is 0 Å². The topological polar surface area (TPSA) is 81.0 Å². The van der Waals surface area contributed by atoms with Gasteiger partial charge in [-0.15, -0.1) is 0 Å². The molecule has 1 saturated heterocycles. The van der Waals surface area contributed by atoms with E-state index in [1.165, 1.54) is 7.11 Å². The number of aromatic nitrogens is 1. The number of carbonyl (C=O) groups is 2. The smallest absolute Gasteiger partial charge is 0.306 e. The van der Waals surface area contributed by atoms with Gasteiger partial charge in [0.1, 0.15) is 5.75 Å². The fraction of sp³-hybridized carbons (Fsp3) is 0.333. The Morgan fingerprint density at radius 2 is 2.08 bits per heavy atom. The van der Waals surface area contributed by atoms with Crippen molar-refractivity contribution in [3.05, 3.63) is 47.2 Å². The molecule has 138 valence electrons. The number of hydrogen-bond donors (Lipinski definition) is 1. The van der Waals surface area contributed by atoms with Crippen LogP contribution in [0.3, 0.4) is 0 Å². The van der Waals surface area contributed by atoms with E-state index in [4.69, 9.17) is 26.2 Å². The van der Waals surface area contributed by atoms with Gasteiger partial charge in [-0.2, -0.15) is 0 Å². The van der Waals surface area contributed by atoms with E-state index in [1.807, 2.05) is 29.1 Å². The molecule has 0 unspecified atom stereocenters. The number of amides is 1. The third-order valence-electron chi connectivity index (χ3n) is 4.21. The molecule has 1 aromatic carbocycles. The second-order valence-electron chi connectivity index (χ2n) is 5.94. The minimum absolute atomic E-state index is 0.145. The molecule has 0 aliphatic carbocycles. The summed E-state index contributed by atoms with van der Waals surface area (Å²) in [4.78, 5) is 25.4. The van der Waals surface area contributed by atoms with E-state index in [9.17, 15) is 9.59 Å². The number of benzene rings is 1. The van der Waals surface area contributed by atoms with Crippen molar-refractivity contribution in [2.24, 2.45) is 0 Å². The molecule has 1 amide bonds. The molecule has 1 aliphatic heterocycles. The number of nitrogens with zero attached hydrogens (tertiary/aromatic N) is 2. The second kappa shape index (κ2) is 7.80. The maximum absolute atomic E-state index is 12.9. The summed E-state index contributed by atoms with van der Waals surface area (Å²) in [7, 11) is 1.49. The van der Waals surface area contributed by atoms with Gasteiger partial charge >= 0.3 is 5.97 Å². The molecule has 1 fully saturated rings. The second-order valence-corrected chi connectivity index (χ2v) is 6.34. The van der Waals surface area contributed by atoms with Crippen LogP contribution in [0.2, 0.25) is 5.02 Å². The van der Waals surface area contributed by atoms with Gasteiger partial charge in [0.05, 0.1) is 42.5 Å². The van der Waals surface area contributed by atoms with Gasteiger partial charge in [-0.3, -0.25) is 9.59 Å². The minimum Gasteiger partial charge on any atom is -0.496 e. The van der Waals surface area contributed by atoms with Crippen LogP contribution in [-0.2, 0) is 9.53 Å². The summed E-state index contributed by atoms with van der Waals surface area (Å²) >= 11 is 6.38. The number of halogens is 1. The van der Waals surface area contributed by atoms with Crippen LogP contribution in [0.5, 0.6) is 5.75 Å². The van der Waals surface area contributed by atoms with Crippen LogP contribution in [0.15, 0.2) is 36.7 Å². The van der Waals surface area contributed by atoms with E-state index in [2.05, 4.69) is 0 Å². The van der Waals surface area contributed by atoms with Gasteiger partial charge in [-0.25, -0.2) is 0 Å². The fourth-order valence-corrected chi connectivity index (χ4v) is 3.23. The lowest BCUT2D eigenvalue weighted by Gasteiger charge is -2.32. The van der Waals surface area contributed by atoms with Gasteiger partial charge in [0, 0.05) is 31.5 Å². The summed E-state index contributed by atoms with van der Waals surface area (Å²) in [6.07, 6.45) is 3.03.